The van der Waals surface area contributed by atoms with Crippen LogP contribution < -0.4 is 34.3 Å². The van der Waals surface area contributed by atoms with Gasteiger partial charge in [0, 0.05) is 22.0 Å². The molecule has 0 saturated heterocycles. The van der Waals surface area contributed by atoms with E-state index in [0.29, 0.717) is 42.3 Å². The van der Waals surface area contributed by atoms with Gasteiger partial charge in [-0.1, -0.05) is 94.1 Å². The van der Waals surface area contributed by atoms with Crippen LogP contribution in [0.15, 0.2) is 99.6 Å². The summed E-state index contributed by atoms with van der Waals surface area (Å²) < 4.78 is 63.8. The molecule has 1 unspecified atom stereocenters. The van der Waals surface area contributed by atoms with Gasteiger partial charge in [0.25, 0.3) is 0 Å². The summed E-state index contributed by atoms with van der Waals surface area (Å²) in [4.78, 5) is 0.648. The van der Waals surface area contributed by atoms with Crippen LogP contribution in [0.5, 0.6) is 5.75 Å². The molecular formula is C37H42FNaO6S2. The fourth-order valence-corrected chi connectivity index (χ4v) is 6.92. The molecule has 0 spiro atoms. The molecule has 0 aliphatic heterocycles. The van der Waals surface area contributed by atoms with Gasteiger partial charge in [0.2, 0.25) is 0 Å². The standard InChI is InChI=1S/C37H43FO6S2.Na/c1-3-5-7-8-11-22-43-26-27-14-20-34(38)33(24-27)37(39)32-13-10-9-12-31(32)28-15-21-35(36(25-28)46(40,41)42)45-30-18-16-29(17-19-30)44-23-6-4-2;/h9-10,12-21,24-25,37,39H,3-8,11,22-23,26H2,1-2H3,(H,40,41,42);/q;+1/p-1. The molecule has 246 valence electrons. The van der Waals surface area contributed by atoms with E-state index < -0.39 is 22.0 Å². The Labute approximate surface area is 305 Å². The maximum atomic E-state index is 15.1. The van der Waals surface area contributed by atoms with Crippen molar-refractivity contribution < 1.29 is 61.5 Å². The normalized spacial score (nSPS) is 12.0. The third-order valence-corrected chi connectivity index (χ3v) is 9.70. The summed E-state index contributed by atoms with van der Waals surface area (Å²) in [7, 11) is -4.85. The van der Waals surface area contributed by atoms with Gasteiger partial charge < -0.3 is 19.1 Å². The first-order valence-electron chi connectivity index (χ1n) is 15.8. The molecule has 0 heterocycles. The van der Waals surface area contributed by atoms with E-state index in [1.807, 2.05) is 24.3 Å². The Morgan fingerprint density at radius 2 is 1.55 bits per heavy atom. The van der Waals surface area contributed by atoms with Crippen LogP contribution in [0.3, 0.4) is 0 Å². The topological polar surface area (TPSA) is 95.9 Å². The predicted molar refractivity (Wildman–Crippen MR) is 180 cm³/mol. The van der Waals surface area contributed by atoms with Gasteiger partial charge in [-0.15, -0.1) is 0 Å². The minimum absolute atomic E-state index is 0. The Bertz CT molecular complexity index is 1660. The minimum Gasteiger partial charge on any atom is -0.744 e. The molecule has 0 saturated carbocycles. The Balaban J connectivity index is 0.00000600. The second-order valence-corrected chi connectivity index (χ2v) is 13.7. The van der Waals surface area contributed by atoms with Gasteiger partial charge in [-0.25, -0.2) is 12.8 Å². The van der Waals surface area contributed by atoms with Gasteiger partial charge in [-0.2, -0.15) is 0 Å². The van der Waals surface area contributed by atoms with Gasteiger partial charge in [0.1, 0.15) is 27.8 Å². The van der Waals surface area contributed by atoms with Crippen LogP contribution in [0.25, 0.3) is 11.1 Å². The molecule has 0 aliphatic carbocycles. The van der Waals surface area contributed by atoms with E-state index in [0.717, 1.165) is 47.9 Å². The van der Waals surface area contributed by atoms with E-state index in [1.165, 1.54) is 31.4 Å². The van der Waals surface area contributed by atoms with E-state index >= 15 is 4.39 Å². The number of hydrogen-bond donors (Lipinski definition) is 1. The average Bonchev–Trinajstić information content (AvgIpc) is 3.05. The van der Waals surface area contributed by atoms with Crippen LogP contribution >= 0.6 is 11.8 Å². The van der Waals surface area contributed by atoms with Gasteiger partial charge in [-0.05, 0) is 83.6 Å². The Morgan fingerprint density at radius 3 is 2.28 bits per heavy atom. The summed E-state index contributed by atoms with van der Waals surface area (Å²) in [6.07, 6.45) is 6.27. The smallest absolute Gasteiger partial charge is 0.744 e. The number of hydrogen-bond acceptors (Lipinski definition) is 7. The number of unbranched alkanes of at least 4 members (excludes halogenated alkanes) is 5. The van der Waals surface area contributed by atoms with Crippen molar-refractivity contribution in [2.45, 2.75) is 86.2 Å². The third-order valence-electron chi connectivity index (χ3n) is 7.61. The van der Waals surface area contributed by atoms with Crippen molar-refractivity contribution >= 4 is 21.9 Å². The minimum atomic E-state index is -4.85. The number of aliphatic hydroxyl groups excluding tert-OH is 1. The van der Waals surface area contributed by atoms with Crippen molar-refractivity contribution in [1.82, 2.24) is 0 Å². The molecule has 4 aromatic carbocycles. The Morgan fingerprint density at radius 1 is 0.830 bits per heavy atom. The van der Waals surface area contributed by atoms with Crippen LogP contribution in [0.1, 0.15) is 81.6 Å². The zero-order valence-corrected chi connectivity index (χ0v) is 31.0. The van der Waals surface area contributed by atoms with Crippen molar-refractivity contribution in [2.24, 2.45) is 0 Å². The monoisotopic (exact) mass is 688 g/mol. The molecule has 10 heteroatoms. The second-order valence-electron chi connectivity index (χ2n) is 11.2. The van der Waals surface area contributed by atoms with Crippen LogP contribution in [0.4, 0.5) is 4.39 Å². The molecule has 6 nitrogen and oxygen atoms in total. The summed E-state index contributed by atoms with van der Waals surface area (Å²) in [5.74, 6) is 0.147. The van der Waals surface area contributed by atoms with Gasteiger partial charge in [-0.3, -0.25) is 0 Å². The average molecular weight is 689 g/mol. The maximum Gasteiger partial charge on any atom is 1.00 e. The molecule has 1 N–H and O–H groups in total. The van der Waals surface area contributed by atoms with E-state index in [-0.39, 0.29) is 44.9 Å². The first-order valence-corrected chi connectivity index (χ1v) is 18.1. The molecule has 4 aromatic rings. The number of rotatable bonds is 18. The number of aliphatic hydroxyl groups is 1. The Kier molecular flexibility index (Phi) is 16.4. The molecule has 0 bridgehead atoms. The molecule has 4 rings (SSSR count). The van der Waals surface area contributed by atoms with Crippen LogP contribution in [-0.4, -0.2) is 31.3 Å². The van der Waals surface area contributed by atoms with Gasteiger partial charge in [0.15, 0.2) is 0 Å². The summed E-state index contributed by atoms with van der Waals surface area (Å²) in [6.45, 7) is 5.79. The summed E-state index contributed by atoms with van der Waals surface area (Å²) in [6, 6.07) is 23.2. The first-order chi connectivity index (χ1) is 22.2. The zero-order valence-electron chi connectivity index (χ0n) is 27.4. The van der Waals surface area contributed by atoms with Crippen LogP contribution in [-0.2, 0) is 21.5 Å². The molecule has 0 aromatic heterocycles. The van der Waals surface area contributed by atoms with Crippen LogP contribution in [0, 0.1) is 5.82 Å². The first kappa shape index (κ1) is 39.2. The molecule has 0 aliphatic rings. The van der Waals surface area contributed by atoms with E-state index in [4.69, 9.17) is 9.47 Å². The predicted octanol–water partition coefficient (Wildman–Crippen LogP) is 6.30. The molecule has 0 radical (unpaired) electrons. The second kappa shape index (κ2) is 19.7. The van der Waals surface area contributed by atoms with Crippen LogP contribution in [0.2, 0.25) is 0 Å². The van der Waals surface area contributed by atoms with Crippen molar-refractivity contribution in [3.05, 3.63) is 107 Å². The fourth-order valence-electron chi connectivity index (χ4n) is 5.08. The van der Waals surface area contributed by atoms with Gasteiger partial charge in [0.05, 0.1) is 18.1 Å². The summed E-state index contributed by atoms with van der Waals surface area (Å²) >= 11 is 1.16. The SMILES string of the molecule is CCCCCCCOCc1ccc(F)c(C(O)c2ccccc2-c2ccc(Sc3ccc(OCCCC)cc3)c(S(=O)(=O)[O-])c2)c1.[Na+]. The number of ether oxygens (including phenoxy) is 2. The number of benzene rings is 4. The molecule has 0 amide bonds. The zero-order chi connectivity index (χ0) is 32.9. The van der Waals surface area contributed by atoms with Crippen molar-refractivity contribution in [3.8, 4) is 16.9 Å². The Hall–Kier alpha value is -2.21. The summed E-state index contributed by atoms with van der Waals surface area (Å²) in [5, 5.41) is 11.4. The van der Waals surface area contributed by atoms with Crippen molar-refractivity contribution in [3.63, 3.8) is 0 Å². The fraction of sp³-hybridized carbons (Fsp3) is 0.351. The maximum absolute atomic E-state index is 15.1. The largest absolute Gasteiger partial charge is 1.00 e. The van der Waals surface area contributed by atoms with Gasteiger partial charge >= 0.3 is 29.6 Å². The van der Waals surface area contributed by atoms with E-state index in [1.54, 1.807) is 48.5 Å². The van der Waals surface area contributed by atoms with Crippen molar-refractivity contribution in [1.29, 1.82) is 0 Å². The molecule has 47 heavy (non-hydrogen) atoms. The quantitative estimate of drug-likeness (QED) is 0.0745. The van der Waals surface area contributed by atoms with Crippen molar-refractivity contribution in [2.75, 3.05) is 13.2 Å². The third kappa shape index (κ3) is 11.7. The number of halogens is 1. The van der Waals surface area contributed by atoms with E-state index in [2.05, 4.69) is 13.8 Å². The molecule has 0 fully saturated rings. The molecular weight excluding hydrogens is 647 g/mol. The van der Waals surface area contributed by atoms with E-state index in [9.17, 15) is 18.1 Å². The molecule has 1 atom stereocenters. The summed E-state index contributed by atoms with van der Waals surface area (Å²) in [5.41, 5.74) is 2.10.